The summed E-state index contributed by atoms with van der Waals surface area (Å²) >= 11 is 1.70. The maximum atomic E-state index is 11.9. The van der Waals surface area contributed by atoms with Crippen LogP contribution in [0.2, 0.25) is 0 Å². The zero-order chi connectivity index (χ0) is 17.7. The summed E-state index contributed by atoms with van der Waals surface area (Å²) in [5, 5.41) is 5.82. The van der Waals surface area contributed by atoms with Crippen LogP contribution in [0.15, 0.2) is 0 Å². The molecule has 2 N–H and O–H groups in total. The maximum Gasteiger partial charge on any atom is 0.232 e. The van der Waals surface area contributed by atoms with Crippen LogP contribution in [0.5, 0.6) is 0 Å². The van der Waals surface area contributed by atoms with Crippen molar-refractivity contribution in [3.63, 3.8) is 0 Å². The summed E-state index contributed by atoms with van der Waals surface area (Å²) in [6, 6.07) is 0. The zero-order valence-electron chi connectivity index (χ0n) is 15.4. The van der Waals surface area contributed by atoms with Gasteiger partial charge in [-0.1, -0.05) is 6.92 Å². The number of hydrogen-bond donors (Lipinski definition) is 2. The number of nitrogens with one attached hydrogen (secondary N) is 2. The summed E-state index contributed by atoms with van der Waals surface area (Å²) < 4.78 is 0. The van der Waals surface area contributed by atoms with E-state index in [-0.39, 0.29) is 17.1 Å². The van der Waals surface area contributed by atoms with E-state index in [4.69, 9.17) is 0 Å². The molecule has 0 spiro atoms. The number of amides is 2. The second kappa shape index (κ2) is 13.6. The van der Waals surface area contributed by atoms with Crippen LogP contribution in [-0.4, -0.2) is 86.5 Å². The second-order valence-electron chi connectivity index (χ2n) is 5.97. The molecule has 0 aliphatic heterocycles. The number of carbonyl (C=O) groups is 2. The van der Waals surface area contributed by atoms with E-state index in [0.29, 0.717) is 19.5 Å². The van der Waals surface area contributed by atoms with E-state index < -0.39 is 0 Å². The molecule has 23 heavy (non-hydrogen) atoms. The summed E-state index contributed by atoms with van der Waals surface area (Å²) in [5.74, 6) is 1.18. The van der Waals surface area contributed by atoms with E-state index in [1.54, 1.807) is 11.8 Å². The molecule has 7 heteroatoms. The molecule has 1 atom stereocenters. The van der Waals surface area contributed by atoms with Crippen molar-refractivity contribution in [3.8, 4) is 0 Å². The van der Waals surface area contributed by atoms with Gasteiger partial charge in [0.05, 0.1) is 5.25 Å². The topological polar surface area (TPSA) is 64.7 Å². The molecule has 2 amide bonds. The van der Waals surface area contributed by atoms with Crippen LogP contribution < -0.4 is 10.6 Å². The van der Waals surface area contributed by atoms with Gasteiger partial charge in [0.2, 0.25) is 11.8 Å². The average Bonchev–Trinajstić information content (AvgIpc) is 2.50. The lowest BCUT2D eigenvalue weighted by atomic mass is 10.4. The first-order chi connectivity index (χ1) is 10.9. The summed E-state index contributed by atoms with van der Waals surface area (Å²) in [6.45, 7) is 7.90. The molecule has 0 saturated carbocycles. The van der Waals surface area contributed by atoms with Gasteiger partial charge in [0.1, 0.15) is 0 Å². The Hall–Kier alpha value is -0.790. The molecular formula is C16H34N4O2S. The molecule has 0 aromatic rings. The largest absolute Gasteiger partial charge is 0.355 e. The van der Waals surface area contributed by atoms with Crippen LogP contribution in [-0.2, 0) is 9.59 Å². The van der Waals surface area contributed by atoms with Crippen molar-refractivity contribution in [2.45, 2.75) is 31.9 Å². The highest BCUT2D eigenvalue weighted by Gasteiger charge is 2.12. The first-order valence-electron chi connectivity index (χ1n) is 8.36. The van der Waals surface area contributed by atoms with Gasteiger partial charge in [-0.3, -0.25) is 9.59 Å². The Balaban J connectivity index is 3.61. The van der Waals surface area contributed by atoms with E-state index in [2.05, 4.69) is 27.5 Å². The second-order valence-corrected chi connectivity index (χ2v) is 7.42. The maximum absolute atomic E-state index is 11.9. The SMILES string of the molecule is CCC(=O)NCCN(C)CCCSC(C)C(=O)NCCN(C)C. The van der Waals surface area contributed by atoms with Crippen LogP contribution in [0.1, 0.15) is 26.7 Å². The number of rotatable bonds is 13. The van der Waals surface area contributed by atoms with E-state index in [9.17, 15) is 9.59 Å². The van der Waals surface area contributed by atoms with Gasteiger partial charge in [-0.25, -0.2) is 0 Å². The van der Waals surface area contributed by atoms with Gasteiger partial charge >= 0.3 is 0 Å². The van der Waals surface area contributed by atoms with Gasteiger partial charge in [0, 0.05) is 32.6 Å². The van der Waals surface area contributed by atoms with Crippen molar-refractivity contribution in [2.75, 3.05) is 59.6 Å². The first kappa shape index (κ1) is 22.2. The van der Waals surface area contributed by atoms with Crippen molar-refractivity contribution in [1.82, 2.24) is 20.4 Å². The van der Waals surface area contributed by atoms with Crippen LogP contribution >= 0.6 is 11.8 Å². The van der Waals surface area contributed by atoms with Crippen LogP contribution in [0.3, 0.4) is 0 Å². The Morgan fingerprint density at radius 3 is 2.30 bits per heavy atom. The smallest absolute Gasteiger partial charge is 0.232 e. The Morgan fingerprint density at radius 2 is 1.70 bits per heavy atom. The van der Waals surface area contributed by atoms with Gasteiger partial charge in [-0.15, -0.1) is 11.8 Å². The van der Waals surface area contributed by atoms with Crippen molar-refractivity contribution in [3.05, 3.63) is 0 Å². The van der Waals surface area contributed by atoms with E-state index >= 15 is 0 Å². The highest BCUT2D eigenvalue weighted by molar-refractivity contribution is 8.00. The molecule has 0 aromatic carbocycles. The Labute approximate surface area is 145 Å². The minimum atomic E-state index is -0.00805. The molecular weight excluding hydrogens is 312 g/mol. The van der Waals surface area contributed by atoms with Gasteiger partial charge in [0.25, 0.3) is 0 Å². The summed E-state index contributed by atoms with van der Waals surface area (Å²) in [5.41, 5.74) is 0. The fourth-order valence-electron chi connectivity index (χ4n) is 1.84. The summed E-state index contributed by atoms with van der Waals surface area (Å²) in [6.07, 6.45) is 1.58. The third-order valence-corrected chi connectivity index (χ3v) is 4.65. The van der Waals surface area contributed by atoms with Crippen molar-refractivity contribution >= 4 is 23.6 Å². The lowest BCUT2D eigenvalue weighted by Gasteiger charge is -2.17. The van der Waals surface area contributed by atoms with Gasteiger partial charge < -0.3 is 20.4 Å². The minimum Gasteiger partial charge on any atom is -0.355 e. The molecule has 0 aliphatic rings. The number of hydrogen-bond acceptors (Lipinski definition) is 5. The predicted octanol–water partition coefficient (Wildman–Crippen LogP) is 0.634. The Morgan fingerprint density at radius 1 is 1.04 bits per heavy atom. The minimum absolute atomic E-state index is 0.00805. The third kappa shape index (κ3) is 13.4. The third-order valence-electron chi connectivity index (χ3n) is 3.42. The quantitative estimate of drug-likeness (QED) is 0.479. The van der Waals surface area contributed by atoms with Crippen molar-refractivity contribution < 1.29 is 9.59 Å². The lowest BCUT2D eigenvalue weighted by molar-refractivity contribution is -0.121. The standard InChI is InChI=1S/C16H34N4O2S/c1-6-15(21)17-9-12-20(5)10-7-13-23-14(2)16(22)18-8-11-19(3)4/h14H,6-13H2,1-5H3,(H,17,21)(H,18,22). The molecule has 0 rings (SSSR count). The van der Waals surface area contributed by atoms with Gasteiger partial charge in [-0.2, -0.15) is 0 Å². The predicted molar refractivity (Wildman–Crippen MR) is 98.9 cm³/mol. The molecule has 0 saturated heterocycles. The number of thioether (sulfide) groups is 1. The Bertz CT molecular complexity index is 340. The number of carbonyl (C=O) groups excluding carboxylic acids is 2. The molecule has 1 unspecified atom stereocenters. The van der Waals surface area contributed by atoms with E-state index in [1.807, 2.05) is 27.9 Å². The molecule has 0 aliphatic carbocycles. The monoisotopic (exact) mass is 346 g/mol. The molecule has 0 aromatic heterocycles. The lowest BCUT2D eigenvalue weighted by Crippen LogP contribution is -2.36. The molecule has 0 heterocycles. The highest BCUT2D eigenvalue weighted by atomic mass is 32.2. The van der Waals surface area contributed by atoms with E-state index in [1.165, 1.54) is 0 Å². The molecule has 6 nitrogen and oxygen atoms in total. The Kier molecular flexibility index (Phi) is 13.2. The molecule has 0 bridgehead atoms. The van der Waals surface area contributed by atoms with Crippen LogP contribution in [0.25, 0.3) is 0 Å². The van der Waals surface area contributed by atoms with Crippen molar-refractivity contribution in [2.24, 2.45) is 0 Å². The van der Waals surface area contributed by atoms with Crippen LogP contribution in [0.4, 0.5) is 0 Å². The molecule has 0 fully saturated rings. The van der Waals surface area contributed by atoms with E-state index in [0.717, 1.165) is 31.8 Å². The highest BCUT2D eigenvalue weighted by Crippen LogP contribution is 2.11. The average molecular weight is 347 g/mol. The van der Waals surface area contributed by atoms with Crippen LogP contribution in [0, 0.1) is 0 Å². The fraction of sp³-hybridized carbons (Fsp3) is 0.875. The first-order valence-corrected chi connectivity index (χ1v) is 9.41. The zero-order valence-corrected chi connectivity index (χ0v) is 16.2. The van der Waals surface area contributed by atoms with Gasteiger partial charge in [-0.05, 0) is 46.8 Å². The normalized spacial score (nSPS) is 12.5. The number of likely N-dealkylation sites (N-methyl/N-ethyl adjacent to an activating group) is 2. The van der Waals surface area contributed by atoms with Crippen molar-refractivity contribution in [1.29, 1.82) is 0 Å². The van der Waals surface area contributed by atoms with Gasteiger partial charge in [0.15, 0.2) is 0 Å². The molecule has 0 radical (unpaired) electrons. The number of nitrogens with zero attached hydrogens (tertiary/aromatic N) is 2. The fourth-order valence-corrected chi connectivity index (χ4v) is 2.72. The summed E-state index contributed by atoms with van der Waals surface area (Å²) in [7, 11) is 6.04. The molecule has 136 valence electrons. The summed E-state index contributed by atoms with van der Waals surface area (Å²) in [4.78, 5) is 27.3.